The normalized spacial score (nSPS) is 10.9. The molecule has 0 atom stereocenters. The first kappa shape index (κ1) is 73.1. The van der Waals surface area contributed by atoms with Crippen LogP contribution in [0.2, 0.25) is 0 Å². The number of nitrogens with one attached hydrogen (secondary N) is 3. The number of carbonyl (C=O) groups is 3. The van der Waals surface area contributed by atoms with Gasteiger partial charge >= 0.3 is 0 Å². The van der Waals surface area contributed by atoms with Crippen molar-refractivity contribution >= 4 is 63.5 Å². The fraction of sp³-hybridized carbons (Fsp3) is 0.154. The van der Waals surface area contributed by atoms with Gasteiger partial charge in [0.15, 0.2) is 31.6 Å². The maximum absolute atomic E-state index is 13.8. The molecule has 0 radical (unpaired) electrons. The van der Waals surface area contributed by atoms with Gasteiger partial charge in [-0.3, -0.25) is 44.1 Å². The summed E-state index contributed by atoms with van der Waals surface area (Å²) < 4.78 is 31.9. The molecule has 17 heteroatoms. The number of nitrogens with zero attached hydrogens (tertiary/aromatic N) is 3. The largest absolute Gasteiger partial charge is 0.309 e. The standard InChI is InChI=1S/2C18H15OP.3C14H16N2O2.Er/c2*19-20(16-10-4-1-5-11-16,17-12-6-2-7-13-17)18-14-8-3-9-15-18;3*1-9(2)13(17)12-10(3)15-16(14(12)18)11-7-5-4-6-8-11;/h2*1-15H;3*4-9,15H,1-3H3;. The average molecular weight is 1460 g/mol. The Morgan fingerprint density at radius 2 is 0.432 bits per heavy atom. The van der Waals surface area contributed by atoms with Crippen molar-refractivity contribution in [2.24, 2.45) is 17.8 Å². The molecule has 12 rings (SSSR count). The zero-order valence-corrected chi connectivity index (χ0v) is 58.1. The van der Waals surface area contributed by atoms with E-state index in [1.54, 1.807) is 62.3 Å². The topological polar surface area (TPSA) is 199 Å². The number of benzene rings is 9. The van der Waals surface area contributed by atoms with Crippen molar-refractivity contribution in [2.75, 3.05) is 0 Å². The Balaban J connectivity index is 0.000000168. The van der Waals surface area contributed by atoms with Crippen molar-refractivity contribution < 1.29 is 60.8 Å². The van der Waals surface area contributed by atoms with E-state index < -0.39 is 14.3 Å². The van der Waals surface area contributed by atoms with E-state index in [4.69, 9.17) is 0 Å². The van der Waals surface area contributed by atoms with Crippen molar-refractivity contribution in [2.45, 2.75) is 62.3 Å². The molecule has 490 valence electrons. The molecule has 0 aliphatic carbocycles. The molecule has 0 unspecified atom stereocenters. The number of H-pyrrole nitrogens is 3. The van der Waals surface area contributed by atoms with E-state index in [0.29, 0.717) is 17.1 Å². The number of aryl methyl sites for hydroxylation is 3. The molecule has 3 aromatic heterocycles. The van der Waals surface area contributed by atoms with Gasteiger partial charge in [-0.15, -0.1) is 0 Å². The third-order valence-corrected chi connectivity index (χ3v) is 21.4. The Morgan fingerprint density at radius 3 is 0.579 bits per heavy atom. The summed E-state index contributed by atoms with van der Waals surface area (Å²) in [5, 5.41) is 14.1. The number of hydrogen-bond donors (Lipinski definition) is 3. The molecule has 0 fully saturated rings. The van der Waals surface area contributed by atoms with Crippen molar-refractivity contribution in [3.8, 4) is 17.1 Å². The number of carbonyl (C=O) groups excluding carboxylic acids is 3. The second-order valence-electron chi connectivity index (χ2n) is 23.1. The monoisotopic (exact) mass is 1450 g/mol. The molecule has 3 N–H and O–H groups in total. The molecule has 12 aromatic rings. The van der Waals surface area contributed by atoms with Crippen LogP contribution in [0.5, 0.6) is 0 Å². The molecule has 14 nitrogen and oxygen atoms in total. The van der Waals surface area contributed by atoms with Gasteiger partial charge in [0, 0.05) is 104 Å². The van der Waals surface area contributed by atoms with E-state index in [-0.39, 0.29) is 106 Å². The average Bonchev–Trinajstić information content (AvgIpc) is 1.77. The Kier molecular flexibility index (Phi) is 26.4. The van der Waals surface area contributed by atoms with Crippen LogP contribution in [0.15, 0.2) is 287 Å². The van der Waals surface area contributed by atoms with Crippen LogP contribution < -0.4 is 48.5 Å². The summed E-state index contributed by atoms with van der Waals surface area (Å²) in [6, 6.07) is 85.9. The fourth-order valence-corrected chi connectivity index (χ4v) is 15.7. The molecule has 0 aliphatic heterocycles. The van der Waals surface area contributed by atoms with Gasteiger partial charge in [0.25, 0.3) is 16.7 Å². The van der Waals surface area contributed by atoms with Gasteiger partial charge < -0.3 is 9.13 Å². The predicted octanol–water partition coefficient (Wildman–Crippen LogP) is 13.6. The van der Waals surface area contributed by atoms with Crippen LogP contribution in [-0.4, -0.2) is 46.7 Å². The zero-order chi connectivity index (χ0) is 67.5. The van der Waals surface area contributed by atoms with Gasteiger partial charge in [0.2, 0.25) is 0 Å². The minimum Gasteiger partial charge on any atom is -0.309 e. The van der Waals surface area contributed by atoms with E-state index in [9.17, 15) is 37.9 Å². The van der Waals surface area contributed by atoms with Crippen LogP contribution in [0.1, 0.15) is 89.7 Å². The summed E-state index contributed by atoms with van der Waals surface area (Å²) in [5.74, 6) is -0.917. The fourth-order valence-electron chi connectivity index (χ4n) is 10.4. The van der Waals surface area contributed by atoms with Gasteiger partial charge in [-0.25, -0.2) is 14.0 Å². The Morgan fingerprint density at radius 1 is 0.284 bits per heavy atom. The number of aromatic nitrogens is 6. The smallest absolute Gasteiger partial charge is 0.282 e. The summed E-state index contributed by atoms with van der Waals surface area (Å²) in [6.07, 6.45) is 0. The second kappa shape index (κ2) is 34.2. The van der Waals surface area contributed by atoms with Gasteiger partial charge in [0.1, 0.15) is 16.7 Å². The minimum atomic E-state index is -2.78. The summed E-state index contributed by atoms with van der Waals surface area (Å²) in [6.45, 7) is 16.0. The van der Waals surface area contributed by atoms with Crippen LogP contribution in [0.4, 0.5) is 0 Å². The van der Waals surface area contributed by atoms with E-state index in [0.717, 1.165) is 48.9 Å². The summed E-state index contributed by atoms with van der Waals surface area (Å²) in [5.41, 5.74) is 3.96. The van der Waals surface area contributed by atoms with Gasteiger partial charge in [-0.1, -0.05) is 278 Å². The number of rotatable bonds is 15. The first-order valence-corrected chi connectivity index (χ1v) is 34.4. The molecule has 0 saturated carbocycles. The Labute approximate surface area is 584 Å². The Hall–Kier alpha value is -9.27. The maximum Gasteiger partial charge on any atom is 0.282 e. The molecule has 0 amide bonds. The van der Waals surface area contributed by atoms with E-state index in [1.165, 1.54) is 14.0 Å². The second-order valence-corrected chi connectivity index (χ2v) is 28.6. The molecular formula is C78H78ErN6O8P2. The molecule has 0 saturated heterocycles. The number of para-hydroxylation sites is 3. The number of Topliss-reactive ketones (excluding diaryl/α,β-unsaturated/α-hetero) is 3. The molecule has 9 aromatic carbocycles. The maximum atomic E-state index is 13.8. The summed E-state index contributed by atoms with van der Waals surface area (Å²) in [4.78, 5) is 72.7. The molecule has 0 spiro atoms. The Bertz CT molecular complexity index is 4120. The minimum absolute atomic E-state index is 0. The van der Waals surface area contributed by atoms with E-state index in [2.05, 4.69) is 15.3 Å². The van der Waals surface area contributed by atoms with Crippen molar-refractivity contribution in [3.63, 3.8) is 0 Å². The number of hydrogen-bond acceptors (Lipinski definition) is 8. The van der Waals surface area contributed by atoms with Crippen molar-refractivity contribution in [1.82, 2.24) is 29.3 Å². The van der Waals surface area contributed by atoms with E-state index >= 15 is 0 Å². The van der Waals surface area contributed by atoms with Gasteiger partial charge in [-0.2, -0.15) is 0 Å². The van der Waals surface area contributed by atoms with E-state index in [1.807, 2.05) is 273 Å². The first-order chi connectivity index (χ1) is 45.2. The van der Waals surface area contributed by atoms with Crippen LogP contribution in [0.25, 0.3) is 17.1 Å². The van der Waals surface area contributed by atoms with Crippen molar-refractivity contribution in [1.29, 1.82) is 0 Å². The SMILES string of the molecule is Cc1[nH]n(-c2ccccc2)c(=O)c1C(=O)C(C)C.Cc1[nH]n(-c2ccccc2)c(=O)c1C(=O)C(C)C.Cc1[nH]n(-c2ccccc2)c(=O)c1C(=O)C(C)C.O=P(c1ccccc1)(c1ccccc1)c1ccccc1.O=P(c1ccccc1)(c1ccccc1)c1ccccc1.[Er]. The van der Waals surface area contributed by atoms with Crippen LogP contribution in [-0.2, 0) is 9.13 Å². The quantitative estimate of drug-likeness (QED) is 0.0665. The molecule has 3 heterocycles. The van der Waals surface area contributed by atoms with Crippen LogP contribution >= 0.6 is 14.3 Å². The summed E-state index contributed by atoms with van der Waals surface area (Å²) in [7, 11) is -5.55. The first-order valence-electron chi connectivity index (χ1n) is 31.0. The molecule has 95 heavy (non-hydrogen) atoms. The molecule has 0 aliphatic rings. The zero-order valence-electron chi connectivity index (χ0n) is 54.5. The molecule has 0 bridgehead atoms. The van der Waals surface area contributed by atoms with Crippen molar-refractivity contribution in [3.05, 3.63) is 338 Å². The summed E-state index contributed by atoms with van der Waals surface area (Å²) >= 11 is 0. The third-order valence-electron chi connectivity index (χ3n) is 15.3. The van der Waals surface area contributed by atoms with Crippen LogP contribution in [0.3, 0.4) is 0 Å². The predicted molar refractivity (Wildman–Crippen MR) is 383 cm³/mol. The van der Waals surface area contributed by atoms with Crippen LogP contribution in [0, 0.1) is 75.8 Å². The number of ketones is 3. The molecular weight excluding hydrogens is 1380 g/mol. The van der Waals surface area contributed by atoms with Gasteiger partial charge in [-0.05, 0) is 57.2 Å². The number of aromatic amines is 3. The third kappa shape index (κ3) is 17.4. The van der Waals surface area contributed by atoms with Gasteiger partial charge in [0.05, 0.1) is 17.1 Å².